The van der Waals surface area contributed by atoms with Crippen LogP contribution >= 0.6 is 11.6 Å². The van der Waals surface area contributed by atoms with E-state index in [-0.39, 0.29) is 11.2 Å². The van der Waals surface area contributed by atoms with Crippen molar-refractivity contribution in [1.29, 1.82) is 0 Å². The van der Waals surface area contributed by atoms with Crippen molar-refractivity contribution < 1.29 is 9.47 Å². The van der Waals surface area contributed by atoms with Gasteiger partial charge in [-0.15, -0.1) is 0 Å². The minimum atomic E-state index is -0.275. The fourth-order valence-electron chi connectivity index (χ4n) is 2.99. The van der Waals surface area contributed by atoms with Gasteiger partial charge in [0.2, 0.25) is 0 Å². The van der Waals surface area contributed by atoms with E-state index in [1.165, 1.54) is 0 Å². The van der Waals surface area contributed by atoms with E-state index in [2.05, 4.69) is 53.7 Å². The predicted molar refractivity (Wildman–Crippen MR) is 116 cm³/mol. The lowest BCUT2D eigenvalue weighted by Crippen LogP contribution is -2.28. The van der Waals surface area contributed by atoms with Gasteiger partial charge in [0, 0.05) is 26.6 Å². The summed E-state index contributed by atoms with van der Waals surface area (Å²) >= 11 is 6.36. The van der Waals surface area contributed by atoms with Crippen LogP contribution in [0.5, 0.6) is 11.5 Å². The van der Waals surface area contributed by atoms with E-state index in [9.17, 15) is 0 Å². The summed E-state index contributed by atoms with van der Waals surface area (Å²) < 4.78 is 13.1. The fraction of sp³-hybridized carbons (Fsp3) is 0.417. The Hall–Kier alpha value is -1.93. The molecule has 3 aromatic carbocycles. The van der Waals surface area contributed by atoms with Crippen molar-refractivity contribution >= 4 is 33.1 Å². The molecule has 3 rings (SSSR count). The van der Waals surface area contributed by atoms with Gasteiger partial charge in [-0.3, -0.25) is 0 Å². The Balaban J connectivity index is 2.39. The van der Waals surface area contributed by atoms with Crippen LogP contribution in [0.1, 0.15) is 54.4 Å². The molecule has 144 valence electrons. The molecule has 0 fully saturated rings. The Morgan fingerprint density at radius 3 is 1.63 bits per heavy atom. The largest absolute Gasteiger partial charge is 0.487 e. The minimum absolute atomic E-state index is 0.263. The fourth-order valence-corrected chi connectivity index (χ4v) is 3.16. The summed E-state index contributed by atoms with van der Waals surface area (Å²) in [6.45, 7) is 12.7. The van der Waals surface area contributed by atoms with Gasteiger partial charge in [0.25, 0.3) is 0 Å². The lowest BCUT2D eigenvalue weighted by molar-refractivity contribution is 0.106. The zero-order chi connectivity index (χ0) is 19.8. The van der Waals surface area contributed by atoms with Crippen molar-refractivity contribution in [2.75, 3.05) is 0 Å². The minimum Gasteiger partial charge on any atom is -0.487 e. The molecule has 27 heavy (non-hydrogen) atoms. The Morgan fingerprint density at radius 1 is 0.704 bits per heavy atom. The van der Waals surface area contributed by atoms with Gasteiger partial charge in [-0.25, -0.2) is 0 Å². The van der Waals surface area contributed by atoms with Gasteiger partial charge < -0.3 is 9.47 Å². The maximum atomic E-state index is 6.53. The van der Waals surface area contributed by atoms with Gasteiger partial charge in [-0.2, -0.15) is 0 Å². The second-order valence-electron chi connectivity index (χ2n) is 8.32. The van der Waals surface area contributed by atoms with E-state index in [4.69, 9.17) is 21.1 Å². The normalized spacial score (nSPS) is 12.6. The van der Waals surface area contributed by atoms with Crippen molar-refractivity contribution in [2.45, 2.75) is 65.6 Å². The highest BCUT2D eigenvalue weighted by Gasteiger charge is 2.25. The number of rotatable bonds is 6. The molecule has 0 aliphatic heterocycles. The topological polar surface area (TPSA) is 18.5 Å². The van der Waals surface area contributed by atoms with Gasteiger partial charge in [-0.05, 0) is 58.7 Å². The van der Waals surface area contributed by atoms with Crippen molar-refractivity contribution in [3.63, 3.8) is 0 Å². The third-order valence-electron chi connectivity index (χ3n) is 5.35. The van der Waals surface area contributed by atoms with Crippen molar-refractivity contribution in [2.24, 2.45) is 0 Å². The van der Waals surface area contributed by atoms with E-state index in [0.717, 1.165) is 45.9 Å². The van der Waals surface area contributed by atoms with Crippen LogP contribution in [-0.2, 0) is 0 Å². The lowest BCUT2D eigenvalue weighted by atomic mass is 9.98. The van der Waals surface area contributed by atoms with Crippen LogP contribution in [0.4, 0.5) is 0 Å². The Bertz CT molecular complexity index is 973. The zero-order valence-electron chi connectivity index (χ0n) is 17.2. The van der Waals surface area contributed by atoms with Crippen LogP contribution in [0.15, 0.2) is 42.5 Å². The van der Waals surface area contributed by atoms with E-state index in [1.807, 2.05) is 30.3 Å². The van der Waals surface area contributed by atoms with Crippen LogP contribution in [0.2, 0.25) is 5.02 Å². The molecule has 0 aliphatic carbocycles. The number of halogens is 1. The smallest absolute Gasteiger partial charge is 0.136 e. The van der Waals surface area contributed by atoms with E-state index < -0.39 is 0 Å². The SMILES string of the molecule is CCC(C)(C)Oc1c2ccccc2c(OC(C)(C)CC)c2cc(Cl)ccc12. The highest BCUT2D eigenvalue weighted by Crippen LogP contribution is 2.46. The highest BCUT2D eigenvalue weighted by atomic mass is 35.5. The molecule has 0 radical (unpaired) electrons. The first-order valence-electron chi connectivity index (χ1n) is 9.69. The Labute approximate surface area is 167 Å². The maximum Gasteiger partial charge on any atom is 0.136 e. The molecule has 0 saturated carbocycles. The molecule has 0 spiro atoms. The van der Waals surface area contributed by atoms with Crippen molar-refractivity contribution in [3.05, 3.63) is 47.5 Å². The van der Waals surface area contributed by atoms with Gasteiger partial charge >= 0.3 is 0 Å². The molecule has 0 saturated heterocycles. The molecule has 0 heterocycles. The summed E-state index contributed by atoms with van der Waals surface area (Å²) in [4.78, 5) is 0. The summed E-state index contributed by atoms with van der Waals surface area (Å²) in [5, 5.41) is 4.83. The van der Waals surface area contributed by atoms with Crippen LogP contribution in [0.3, 0.4) is 0 Å². The summed E-state index contributed by atoms with van der Waals surface area (Å²) in [6, 6.07) is 14.2. The number of ether oxygens (including phenoxy) is 2. The molecule has 0 unspecified atom stereocenters. The molecular formula is C24H29ClO2. The predicted octanol–water partition coefficient (Wildman–Crippen LogP) is 7.78. The molecule has 0 aromatic heterocycles. The van der Waals surface area contributed by atoms with E-state index in [0.29, 0.717) is 5.02 Å². The molecule has 0 N–H and O–H groups in total. The molecule has 2 nitrogen and oxygen atoms in total. The second kappa shape index (κ2) is 7.24. The van der Waals surface area contributed by atoms with E-state index in [1.54, 1.807) is 0 Å². The number of benzene rings is 3. The summed E-state index contributed by atoms with van der Waals surface area (Å²) in [7, 11) is 0. The van der Waals surface area contributed by atoms with Crippen molar-refractivity contribution in [1.82, 2.24) is 0 Å². The third-order valence-corrected chi connectivity index (χ3v) is 5.58. The average Bonchev–Trinajstić information content (AvgIpc) is 2.64. The number of hydrogen-bond acceptors (Lipinski definition) is 2. The maximum absolute atomic E-state index is 6.53. The molecule has 0 amide bonds. The summed E-state index contributed by atoms with van der Waals surface area (Å²) in [6.07, 6.45) is 1.82. The van der Waals surface area contributed by atoms with Gasteiger partial charge in [-0.1, -0.05) is 49.7 Å². The molecule has 3 aromatic rings. The van der Waals surface area contributed by atoms with Crippen LogP contribution in [0, 0.1) is 0 Å². The molecular weight excluding hydrogens is 356 g/mol. The summed E-state index contributed by atoms with van der Waals surface area (Å²) in [5.74, 6) is 1.77. The van der Waals surface area contributed by atoms with Gasteiger partial charge in [0.1, 0.15) is 22.7 Å². The number of fused-ring (bicyclic) bond motifs is 2. The standard InChI is InChI=1S/C24H29ClO2/c1-7-23(3,4)26-21-17-11-9-10-12-18(17)22(27-24(5,6)8-2)20-15-16(25)13-14-19(20)21/h9-15H,7-8H2,1-6H3. The summed E-state index contributed by atoms with van der Waals surface area (Å²) in [5.41, 5.74) is -0.538. The van der Waals surface area contributed by atoms with Gasteiger partial charge in [0.05, 0.1) is 0 Å². The van der Waals surface area contributed by atoms with Gasteiger partial charge in [0.15, 0.2) is 0 Å². The third kappa shape index (κ3) is 4.01. The Morgan fingerprint density at radius 2 is 1.15 bits per heavy atom. The molecule has 0 bridgehead atoms. The van der Waals surface area contributed by atoms with Crippen LogP contribution < -0.4 is 9.47 Å². The highest BCUT2D eigenvalue weighted by molar-refractivity contribution is 6.31. The molecule has 0 aliphatic rings. The first-order chi connectivity index (χ1) is 12.7. The monoisotopic (exact) mass is 384 g/mol. The first-order valence-corrected chi connectivity index (χ1v) is 10.1. The average molecular weight is 385 g/mol. The quantitative estimate of drug-likeness (QED) is 0.404. The second-order valence-corrected chi connectivity index (χ2v) is 8.76. The lowest BCUT2D eigenvalue weighted by Gasteiger charge is -2.30. The molecule has 0 atom stereocenters. The number of hydrogen-bond donors (Lipinski definition) is 0. The van der Waals surface area contributed by atoms with Crippen molar-refractivity contribution in [3.8, 4) is 11.5 Å². The molecule has 3 heteroatoms. The van der Waals surface area contributed by atoms with Crippen LogP contribution in [0.25, 0.3) is 21.5 Å². The zero-order valence-corrected chi connectivity index (χ0v) is 17.9. The van der Waals surface area contributed by atoms with E-state index >= 15 is 0 Å². The van der Waals surface area contributed by atoms with Crippen LogP contribution in [-0.4, -0.2) is 11.2 Å². The first kappa shape index (κ1) is 19.8. The Kier molecular flexibility index (Phi) is 5.31.